The SMILES string of the molecule is O=c1[nH]cnc2ncn(Cc3ccc(OB(O)O)cc3)c12. The Morgan fingerprint density at radius 2 is 2.00 bits per heavy atom. The predicted octanol–water partition coefficient (Wildman–Crippen LogP) is -0.484. The van der Waals surface area contributed by atoms with Crippen LogP contribution in [0.4, 0.5) is 0 Å². The van der Waals surface area contributed by atoms with E-state index in [1.54, 1.807) is 35.2 Å². The molecule has 106 valence electrons. The van der Waals surface area contributed by atoms with Gasteiger partial charge in [-0.1, -0.05) is 12.1 Å². The van der Waals surface area contributed by atoms with Gasteiger partial charge in [0.2, 0.25) is 0 Å². The number of benzene rings is 1. The molecule has 3 N–H and O–H groups in total. The molecule has 0 atom stereocenters. The molecule has 0 aliphatic heterocycles. The Bertz CT molecular complexity index is 812. The molecule has 3 aromatic rings. The van der Waals surface area contributed by atoms with E-state index in [0.29, 0.717) is 23.5 Å². The Kier molecular flexibility index (Phi) is 3.42. The van der Waals surface area contributed by atoms with Gasteiger partial charge < -0.3 is 24.3 Å². The zero-order valence-corrected chi connectivity index (χ0v) is 10.8. The van der Waals surface area contributed by atoms with Crippen LogP contribution in [0.5, 0.6) is 5.75 Å². The Morgan fingerprint density at radius 1 is 1.24 bits per heavy atom. The molecule has 2 aromatic heterocycles. The van der Waals surface area contributed by atoms with E-state index in [2.05, 4.69) is 15.0 Å². The largest absolute Gasteiger partial charge is 0.707 e. The van der Waals surface area contributed by atoms with E-state index in [4.69, 9.17) is 14.7 Å². The van der Waals surface area contributed by atoms with Crippen molar-refractivity contribution in [1.82, 2.24) is 19.5 Å². The van der Waals surface area contributed by atoms with Gasteiger partial charge in [-0.2, -0.15) is 0 Å². The molecule has 0 aliphatic rings. The van der Waals surface area contributed by atoms with Crippen molar-refractivity contribution in [2.75, 3.05) is 0 Å². The summed E-state index contributed by atoms with van der Waals surface area (Å²) < 4.78 is 6.41. The van der Waals surface area contributed by atoms with Crippen LogP contribution < -0.4 is 10.2 Å². The second-order valence-corrected chi connectivity index (χ2v) is 4.36. The van der Waals surface area contributed by atoms with E-state index >= 15 is 0 Å². The molecule has 0 aliphatic carbocycles. The topological polar surface area (TPSA) is 113 Å². The average Bonchev–Trinajstić information content (AvgIpc) is 2.85. The number of nitrogens with one attached hydrogen (secondary N) is 1. The van der Waals surface area contributed by atoms with Gasteiger partial charge in [-0.05, 0) is 17.7 Å². The number of fused-ring (bicyclic) bond motifs is 1. The van der Waals surface area contributed by atoms with Gasteiger partial charge in [-0.25, -0.2) is 9.97 Å². The number of aromatic nitrogens is 4. The summed E-state index contributed by atoms with van der Waals surface area (Å²) in [6.45, 7) is 0.438. The van der Waals surface area contributed by atoms with Gasteiger partial charge in [-0.15, -0.1) is 0 Å². The molecule has 0 bridgehead atoms. The van der Waals surface area contributed by atoms with Crippen LogP contribution in [0.15, 0.2) is 41.7 Å². The summed E-state index contributed by atoms with van der Waals surface area (Å²) in [4.78, 5) is 22.4. The van der Waals surface area contributed by atoms with Gasteiger partial charge in [0.25, 0.3) is 5.56 Å². The highest BCUT2D eigenvalue weighted by Gasteiger charge is 2.11. The summed E-state index contributed by atoms with van der Waals surface area (Å²) in [6, 6.07) is 6.73. The monoisotopic (exact) mass is 286 g/mol. The summed E-state index contributed by atoms with van der Waals surface area (Å²) in [5.74, 6) is 0.337. The number of rotatable bonds is 4. The average molecular weight is 286 g/mol. The lowest BCUT2D eigenvalue weighted by atomic mass is 10.2. The summed E-state index contributed by atoms with van der Waals surface area (Å²) in [5.41, 5.74) is 1.45. The minimum Gasteiger partial charge on any atom is -0.512 e. The smallest absolute Gasteiger partial charge is 0.512 e. The number of nitrogens with zero attached hydrogens (tertiary/aromatic N) is 3. The van der Waals surface area contributed by atoms with Gasteiger partial charge in [0.1, 0.15) is 5.75 Å². The minimum atomic E-state index is -1.85. The van der Waals surface area contributed by atoms with Crippen LogP contribution in [-0.2, 0) is 6.54 Å². The molecule has 9 heteroatoms. The van der Waals surface area contributed by atoms with Gasteiger partial charge in [-0.3, -0.25) is 4.79 Å². The normalized spacial score (nSPS) is 10.8. The molecular formula is C12H11BN4O4. The van der Waals surface area contributed by atoms with E-state index in [-0.39, 0.29) is 5.56 Å². The molecule has 0 amide bonds. The Balaban J connectivity index is 1.87. The number of hydrogen-bond acceptors (Lipinski definition) is 6. The highest BCUT2D eigenvalue weighted by Crippen LogP contribution is 2.14. The lowest BCUT2D eigenvalue weighted by molar-refractivity contribution is 0.288. The van der Waals surface area contributed by atoms with Gasteiger partial charge in [0, 0.05) is 6.54 Å². The zero-order chi connectivity index (χ0) is 14.8. The molecule has 3 rings (SSSR count). The van der Waals surface area contributed by atoms with Crippen LogP contribution in [0.3, 0.4) is 0 Å². The fourth-order valence-electron chi connectivity index (χ4n) is 2.03. The molecule has 0 saturated heterocycles. The molecule has 2 heterocycles. The molecule has 0 saturated carbocycles. The Morgan fingerprint density at radius 3 is 2.71 bits per heavy atom. The first kappa shape index (κ1) is 13.3. The van der Waals surface area contributed by atoms with Crippen molar-refractivity contribution < 1.29 is 14.7 Å². The number of aromatic amines is 1. The molecule has 21 heavy (non-hydrogen) atoms. The molecule has 1 aromatic carbocycles. The quantitative estimate of drug-likeness (QED) is 0.558. The highest BCUT2D eigenvalue weighted by molar-refractivity contribution is 6.33. The second kappa shape index (κ2) is 5.39. The third kappa shape index (κ3) is 2.78. The summed E-state index contributed by atoms with van der Waals surface area (Å²) >= 11 is 0. The molecule has 0 spiro atoms. The second-order valence-electron chi connectivity index (χ2n) is 4.36. The van der Waals surface area contributed by atoms with Crippen molar-refractivity contribution in [3.63, 3.8) is 0 Å². The maximum atomic E-state index is 11.8. The van der Waals surface area contributed by atoms with Gasteiger partial charge in [0.15, 0.2) is 11.2 Å². The van der Waals surface area contributed by atoms with Crippen molar-refractivity contribution in [2.24, 2.45) is 0 Å². The van der Waals surface area contributed by atoms with E-state index in [9.17, 15) is 4.79 Å². The molecule has 0 radical (unpaired) electrons. The maximum Gasteiger partial charge on any atom is 0.707 e. The van der Waals surface area contributed by atoms with Gasteiger partial charge >= 0.3 is 7.32 Å². The summed E-state index contributed by atoms with van der Waals surface area (Å²) in [5, 5.41) is 17.4. The fourth-order valence-corrected chi connectivity index (χ4v) is 2.03. The van der Waals surface area contributed by atoms with Crippen molar-refractivity contribution in [3.05, 3.63) is 52.8 Å². The third-order valence-corrected chi connectivity index (χ3v) is 2.93. The first-order valence-corrected chi connectivity index (χ1v) is 6.14. The third-order valence-electron chi connectivity index (χ3n) is 2.93. The first-order chi connectivity index (χ1) is 10.1. The summed E-state index contributed by atoms with van der Waals surface area (Å²) in [6.07, 6.45) is 2.86. The van der Waals surface area contributed by atoms with Crippen molar-refractivity contribution in [3.8, 4) is 5.75 Å². The van der Waals surface area contributed by atoms with Crippen LogP contribution >= 0.6 is 0 Å². The van der Waals surface area contributed by atoms with Crippen LogP contribution in [0.1, 0.15) is 5.56 Å². The molecule has 0 fully saturated rings. The highest BCUT2D eigenvalue weighted by atomic mass is 16.6. The van der Waals surface area contributed by atoms with Crippen molar-refractivity contribution in [1.29, 1.82) is 0 Å². The predicted molar refractivity (Wildman–Crippen MR) is 74.5 cm³/mol. The first-order valence-electron chi connectivity index (χ1n) is 6.14. The van der Waals surface area contributed by atoms with E-state index in [1.807, 2.05) is 0 Å². The molecule has 0 unspecified atom stereocenters. The van der Waals surface area contributed by atoms with Crippen LogP contribution in [0, 0.1) is 0 Å². The van der Waals surface area contributed by atoms with Crippen LogP contribution in [-0.4, -0.2) is 36.9 Å². The standard InChI is InChI=1S/C12H11BN4O4/c18-12-10-11(14-6-15-12)16-7-17(10)5-8-1-3-9(4-2-8)21-13(19)20/h1-4,6-7,19-20H,5H2,(H,14,15,18). The van der Waals surface area contributed by atoms with Gasteiger partial charge in [0.05, 0.1) is 12.7 Å². The molecular weight excluding hydrogens is 275 g/mol. The van der Waals surface area contributed by atoms with Crippen molar-refractivity contribution >= 4 is 18.5 Å². The maximum absolute atomic E-state index is 11.8. The van der Waals surface area contributed by atoms with Crippen molar-refractivity contribution in [2.45, 2.75) is 6.54 Å². The zero-order valence-electron chi connectivity index (χ0n) is 10.8. The Labute approximate surface area is 118 Å². The van der Waals surface area contributed by atoms with E-state index in [1.165, 1.54) is 6.33 Å². The Hall–Kier alpha value is -2.65. The number of imidazole rings is 1. The van der Waals surface area contributed by atoms with E-state index < -0.39 is 7.32 Å². The number of H-pyrrole nitrogens is 1. The lowest BCUT2D eigenvalue weighted by Gasteiger charge is -2.07. The lowest BCUT2D eigenvalue weighted by Crippen LogP contribution is -2.20. The van der Waals surface area contributed by atoms with E-state index in [0.717, 1.165) is 5.56 Å². The minimum absolute atomic E-state index is 0.249. The summed E-state index contributed by atoms with van der Waals surface area (Å²) in [7, 11) is -1.85. The number of hydrogen-bond donors (Lipinski definition) is 3. The molecule has 8 nitrogen and oxygen atoms in total. The fraction of sp³-hybridized carbons (Fsp3) is 0.0833. The van der Waals surface area contributed by atoms with Crippen LogP contribution in [0.25, 0.3) is 11.2 Å². The van der Waals surface area contributed by atoms with Crippen LogP contribution in [0.2, 0.25) is 0 Å².